The highest BCUT2D eigenvalue weighted by atomic mass is 79.9. The van der Waals surface area contributed by atoms with Gasteiger partial charge in [-0.25, -0.2) is 0 Å². The molecule has 2 aromatic carbocycles. The van der Waals surface area contributed by atoms with E-state index >= 15 is 0 Å². The van der Waals surface area contributed by atoms with E-state index in [0.29, 0.717) is 28.9 Å². The monoisotopic (exact) mass is 385 g/mol. The number of hydrogen-bond acceptors (Lipinski definition) is 2. The summed E-state index contributed by atoms with van der Waals surface area (Å²) in [4.78, 5) is 0. The zero-order chi connectivity index (χ0) is 15.2. The van der Waals surface area contributed by atoms with Crippen molar-refractivity contribution in [3.8, 4) is 5.75 Å². The van der Waals surface area contributed by atoms with E-state index in [9.17, 15) is 0 Å². The molecule has 0 atom stereocenters. The number of hydrogen-bond donors (Lipinski definition) is 1. The van der Waals surface area contributed by atoms with Crippen molar-refractivity contribution in [3.05, 3.63) is 69.1 Å². The largest absolute Gasteiger partial charge is 0.489 e. The van der Waals surface area contributed by atoms with Gasteiger partial charge in [-0.15, -0.1) is 0 Å². The van der Waals surface area contributed by atoms with Crippen LogP contribution in [-0.4, -0.2) is 6.61 Å². The molecule has 0 saturated carbocycles. The number of ether oxygens (including phenoxy) is 1. The number of para-hydroxylation sites is 1. The SMILES string of the molecule is C=CCOc1ccccc1CNc1c(Cl)cc(Br)cc1Cl. The normalized spacial score (nSPS) is 10.2. The van der Waals surface area contributed by atoms with E-state index in [1.165, 1.54) is 0 Å². The van der Waals surface area contributed by atoms with Crippen LogP contribution in [0.5, 0.6) is 5.75 Å². The summed E-state index contributed by atoms with van der Waals surface area (Å²) >= 11 is 15.8. The first-order valence-electron chi connectivity index (χ1n) is 6.32. The van der Waals surface area contributed by atoms with Gasteiger partial charge in [0.25, 0.3) is 0 Å². The molecule has 0 spiro atoms. The molecule has 0 amide bonds. The molecule has 0 saturated heterocycles. The van der Waals surface area contributed by atoms with Crippen LogP contribution in [0.1, 0.15) is 5.56 Å². The van der Waals surface area contributed by atoms with Crippen molar-refractivity contribution in [1.82, 2.24) is 0 Å². The Morgan fingerprint density at radius 2 is 1.86 bits per heavy atom. The highest BCUT2D eigenvalue weighted by molar-refractivity contribution is 9.10. The molecule has 2 rings (SSSR count). The van der Waals surface area contributed by atoms with Crippen LogP contribution in [-0.2, 0) is 6.54 Å². The second kappa shape index (κ2) is 7.74. The van der Waals surface area contributed by atoms with Crippen LogP contribution in [0.2, 0.25) is 10.0 Å². The summed E-state index contributed by atoms with van der Waals surface area (Å²) in [7, 11) is 0. The van der Waals surface area contributed by atoms with Gasteiger partial charge in [-0.05, 0) is 18.2 Å². The molecular weight excluding hydrogens is 373 g/mol. The molecule has 21 heavy (non-hydrogen) atoms. The minimum Gasteiger partial charge on any atom is -0.489 e. The van der Waals surface area contributed by atoms with Gasteiger partial charge in [0.05, 0.1) is 15.7 Å². The first-order chi connectivity index (χ1) is 10.1. The summed E-state index contributed by atoms with van der Waals surface area (Å²) < 4.78 is 6.47. The molecule has 2 aromatic rings. The minimum absolute atomic E-state index is 0.469. The van der Waals surface area contributed by atoms with Gasteiger partial charge in [0, 0.05) is 16.6 Å². The quantitative estimate of drug-likeness (QED) is 0.621. The van der Waals surface area contributed by atoms with E-state index in [0.717, 1.165) is 15.8 Å². The lowest BCUT2D eigenvalue weighted by Crippen LogP contribution is -2.04. The molecule has 1 N–H and O–H groups in total. The van der Waals surface area contributed by atoms with E-state index in [-0.39, 0.29) is 0 Å². The fraction of sp³-hybridized carbons (Fsp3) is 0.125. The fourth-order valence-corrected chi connectivity index (χ4v) is 3.18. The predicted octanol–water partition coefficient (Wildman–Crippen LogP) is 5.93. The van der Waals surface area contributed by atoms with Crippen molar-refractivity contribution < 1.29 is 4.74 Å². The maximum Gasteiger partial charge on any atom is 0.124 e. The Hall–Kier alpha value is -1.16. The highest BCUT2D eigenvalue weighted by Crippen LogP contribution is 2.34. The van der Waals surface area contributed by atoms with E-state index < -0.39 is 0 Å². The molecule has 0 fully saturated rings. The lowest BCUT2D eigenvalue weighted by Gasteiger charge is -2.14. The highest BCUT2D eigenvalue weighted by Gasteiger charge is 2.09. The maximum absolute atomic E-state index is 6.20. The van der Waals surface area contributed by atoms with Crippen LogP contribution < -0.4 is 10.1 Å². The summed E-state index contributed by atoms with van der Waals surface area (Å²) in [6, 6.07) is 11.4. The molecule has 2 nitrogen and oxygen atoms in total. The molecular formula is C16H14BrCl2NO. The lowest BCUT2D eigenvalue weighted by molar-refractivity contribution is 0.359. The Morgan fingerprint density at radius 3 is 2.52 bits per heavy atom. The van der Waals surface area contributed by atoms with Crippen molar-refractivity contribution in [2.45, 2.75) is 6.54 Å². The van der Waals surface area contributed by atoms with Gasteiger partial charge in [-0.3, -0.25) is 0 Å². The van der Waals surface area contributed by atoms with Gasteiger partial charge in [-0.1, -0.05) is 70.0 Å². The molecule has 0 aliphatic carbocycles. The molecule has 0 aliphatic heterocycles. The van der Waals surface area contributed by atoms with Crippen molar-refractivity contribution in [2.75, 3.05) is 11.9 Å². The lowest BCUT2D eigenvalue weighted by atomic mass is 10.2. The van der Waals surface area contributed by atoms with E-state index in [1.54, 1.807) is 18.2 Å². The summed E-state index contributed by atoms with van der Waals surface area (Å²) in [6.45, 7) is 4.68. The Morgan fingerprint density at radius 1 is 1.19 bits per heavy atom. The fourth-order valence-electron chi connectivity index (χ4n) is 1.83. The molecule has 0 aromatic heterocycles. The topological polar surface area (TPSA) is 21.3 Å². The average molecular weight is 387 g/mol. The Bertz CT molecular complexity index is 623. The Balaban J connectivity index is 2.15. The molecule has 0 bridgehead atoms. The van der Waals surface area contributed by atoms with Crippen molar-refractivity contribution in [1.29, 1.82) is 0 Å². The summed E-state index contributed by atoms with van der Waals surface area (Å²) in [5.74, 6) is 0.814. The standard InChI is InChI=1S/C16H14BrCl2NO/c1-2-7-21-15-6-4-3-5-11(15)10-20-16-13(18)8-12(17)9-14(16)19/h2-6,8-9,20H,1,7,10H2. The van der Waals surface area contributed by atoms with Crippen molar-refractivity contribution in [3.63, 3.8) is 0 Å². The van der Waals surface area contributed by atoms with Crippen molar-refractivity contribution in [2.24, 2.45) is 0 Å². The van der Waals surface area contributed by atoms with Gasteiger partial charge in [-0.2, -0.15) is 0 Å². The first-order valence-corrected chi connectivity index (χ1v) is 7.86. The molecule has 0 unspecified atom stereocenters. The summed E-state index contributed by atoms with van der Waals surface area (Å²) in [5, 5.41) is 4.39. The summed E-state index contributed by atoms with van der Waals surface area (Å²) in [5.41, 5.74) is 1.73. The number of anilines is 1. The van der Waals surface area contributed by atoms with Crippen LogP contribution in [0.25, 0.3) is 0 Å². The number of rotatable bonds is 6. The van der Waals surface area contributed by atoms with Gasteiger partial charge in [0.15, 0.2) is 0 Å². The maximum atomic E-state index is 6.20. The molecule has 0 radical (unpaired) electrons. The number of nitrogens with one attached hydrogen (secondary N) is 1. The predicted molar refractivity (Wildman–Crippen MR) is 93.6 cm³/mol. The second-order valence-electron chi connectivity index (χ2n) is 4.31. The zero-order valence-electron chi connectivity index (χ0n) is 11.2. The van der Waals surface area contributed by atoms with E-state index in [2.05, 4.69) is 27.8 Å². The molecule has 110 valence electrons. The van der Waals surface area contributed by atoms with Crippen LogP contribution in [0, 0.1) is 0 Å². The minimum atomic E-state index is 0.469. The van der Waals surface area contributed by atoms with E-state index in [4.69, 9.17) is 27.9 Å². The van der Waals surface area contributed by atoms with Gasteiger partial charge >= 0.3 is 0 Å². The smallest absolute Gasteiger partial charge is 0.124 e. The third-order valence-corrected chi connectivity index (χ3v) is 3.85. The number of benzene rings is 2. The Labute approximate surface area is 142 Å². The molecule has 0 heterocycles. The van der Waals surface area contributed by atoms with Crippen LogP contribution in [0.3, 0.4) is 0 Å². The third-order valence-electron chi connectivity index (χ3n) is 2.79. The van der Waals surface area contributed by atoms with Crippen molar-refractivity contribution >= 4 is 44.8 Å². The van der Waals surface area contributed by atoms with Crippen LogP contribution >= 0.6 is 39.1 Å². The second-order valence-corrected chi connectivity index (χ2v) is 6.04. The molecule has 0 aliphatic rings. The first kappa shape index (κ1) is 16.2. The zero-order valence-corrected chi connectivity index (χ0v) is 14.3. The van der Waals surface area contributed by atoms with Gasteiger partial charge in [0.2, 0.25) is 0 Å². The third kappa shape index (κ3) is 4.40. The summed E-state index contributed by atoms with van der Waals surface area (Å²) in [6.07, 6.45) is 1.71. The van der Waals surface area contributed by atoms with Gasteiger partial charge in [0.1, 0.15) is 12.4 Å². The van der Waals surface area contributed by atoms with Gasteiger partial charge < -0.3 is 10.1 Å². The van der Waals surface area contributed by atoms with Crippen LogP contribution in [0.4, 0.5) is 5.69 Å². The van der Waals surface area contributed by atoms with Crippen LogP contribution in [0.15, 0.2) is 53.5 Å². The van der Waals surface area contributed by atoms with E-state index in [1.807, 2.05) is 24.3 Å². The number of halogens is 3. The average Bonchev–Trinajstić information content (AvgIpc) is 2.45. The Kier molecular flexibility index (Phi) is 5.97. The molecule has 5 heteroatoms.